The first-order chi connectivity index (χ1) is 8.56. The van der Waals surface area contributed by atoms with Crippen LogP contribution in [0.2, 0.25) is 0 Å². The number of ether oxygens (including phenoxy) is 1. The molecule has 0 radical (unpaired) electrons. The van der Waals surface area contributed by atoms with Crippen molar-refractivity contribution < 1.29 is 19.2 Å². The molecule has 6 nitrogen and oxygen atoms in total. The molecule has 6 heteroatoms. The first kappa shape index (κ1) is 16.6. The van der Waals surface area contributed by atoms with Crippen molar-refractivity contribution in [3.8, 4) is 0 Å². The molecule has 1 N–H and O–H groups in total. The third kappa shape index (κ3) is 11.1. The van der Waals surface area contributed by atoms with Gasteiger partial charge in [0.15, 0.2) is 12.4 Å². The average Bonchev–Trinajstić information content (AvgIpc) is 2.33. The van der Waals surface area contributed by atoms with Gasteiger partial charge in [-0.25, -0.2) is 0 Å². The van der Waals surface area contributed by atoms with Gasteiger partial charge in [0, 0.05) is 20.1 Å². The van der Waals surface area contributed by atoms with E-state index < -0.39 is 0 Å². The monoisotopic (exact) mass is 258 g/mol. The zero-order valence-electron chi connectivity index (χ0n) is 11.3. The van der Waals surface area contributed by atoms with Gasteiger partial charge in [-0.05, 0) is 5.92 Å². The normalized spacial score (nSPS) is 12.4. The number of Topliss-reactive ketones (excluding diaryl/α,β-unsaturated/α-hetero) is 1. The van der Waals surface area contributed by atoms with Crippen LogP contribution in [-0.4, -0.2) is 44.3 Å². The van der Waals surface area contributed by atoms with Crippen LogP contribution in [0.25, 0.3) is 0 Å². The fourth-order valence-corrected chi connectivity index (χ4v) is 0.923. The summed E-state index contributed by atoms with van der Waals surface area (Å²) in [4.78, 5) is 26.3. The quantitative estimate of drug-likeness (QED) is 0.356. The minimum Gasteiger partial charge on any atom is -0.386 e. The summed E-state index contributed by atoms with van der Waals surface area (Å²) in [6.07, 6.45) is 2.09. The number of hydrogen-bond donors (Lipinski definition) is 1. The van der Waals surface area contributed by atoms with Gasteiger partial charge in [0.25, 0.3) is 5.91 Å². The summed E-state index contributed by atoms with van der Waals surface area (Å²) >= 11 is 0. The van der Waals surface area contributed by atoms with Crippen LogP contribution in [0.15, 0.2) is 5.16 Å². The predicted molar refractivity (Wildman–Crippen MR) is 68.4 cm³/mol. The second-order valence-electron chi connectivity index (χ2n) is 4.06. The molecule has 0 bridgehead atoms. The number of rotatable bonds is 10. The van der Waals surface area contributed by atoms with Crippen molar-refractivity contribution in [1.82, 2.24) is 5.32 Å². The average molecular weight is 258 g/mol. The molecule has 0 aromatic carbocycles. The molecule has 18 heavy (non-hydrogen) atoms. The number of oxime groups is 1. The summed E-state index contributed by atoms with van der Waals surface area (Å²) in [5.41, 5.74) is 0. The van der Waals surface area contributed by atoms with Crippen molar-refractivity contribution in [3.63, 3.8) is 0 Å². The molecular formula is C12H22N2O4. The summed E-state index contributed by atoms with van der Waals surface area (Å²) in [5.74, 6) is 0.0154. The van der Waals surface area contributed by atoms with Gasteiger partial charge in [0.05, 0.1) is 6.61 Å². The van der Waals surface area contributed by atoms with Gasteiger partial charge < -0.3 is 14.9 Å². The standard InChI is InChI=1S/C12H22N2O4/c1-4-10(2)8-17-6-5-13-12(16)9-18-14-7-11(3)15/h7,10H,4-6,8-9H2,1-3H3,(H,13,16)/b14-7-. The lowest BCUT2D eigenvalue weighted by atomic mass is 10.1. The Labute approximate surface area is 108 Å². The first-order valence-electron chi connectivity index (χ1n) is 6.06. The summed E-state index contributed by atoms with van der Waals surface area (Å²) in [6, 6.07) is 0. The smallest absolute Gasteiger partial charge is 0.260 e. The second kappa shape index (κ2) is 10.7. The van der Waals surface area contributed by atoms with Crippen molar-refractivity contribution >= 4 is 17.9 Å². The number of nitrogens with zero attached hydrogens (tertiary/aromatic N) is 1. The Morgan fingerprint density at radius 1 is 1.44 bits per heavy atom. The van der Waals surface area contributed by atoms with Crippen LogP contribution in [0.3, 0.4) is 0 Å². The van der Waals surface area contributed by atoms with E-state index in [2.05, 4.69) is 29.2 Å². The number of amides is 1. The maximum Gasteiger partial charge on any atom is 0.260 e. The van der Waals surface area contributed by atoms with E-state index in [1.807, 2.05) is 0 Å². The Morgan fingerprint density at radius 3 is 2.78 bits per heavy atom. The van der Waals surface area contributed by atoms with Crippen molar-refractivity contribution in [3.05, 3.63) is 0 Å². The van der Waals surface area contributed by atoms with Crippen molar-refractivity contribution in [1.29, 1.82) is 0 Å². The predicted octanol–water partition coefficient (Wildman–Crippen LogP) is 0.757. The number of nitrogens with one attached hydrogen (secondary N) is 1. The van der Waals surface area contributed by atoms with E-state index in [-0.39, 0.29) is 18.3 Å². The van der Waals surface area contributed by atoms with Crippen LogP contribution in [0.1, 0.15) is 27.2 Å². The molecule has 0 rings (SSSR count). The molecule has 0 aliphatic carbocycles. The van der Waals surface area contributed by atoms with Gasteiger partial charge in [-0.15, -0.1) is 0 Å². The number of carbonyl (C=O) groups is 2. The number of ketones is 1. The fourth-order valence-electron chi connectivity index (χ4n) is 0.923. The Morgan fingerprint density at radius 2 is 2.17 bits per heavy atom. The van der Waals surface area contributed by atoms with Crippen LogP contribution in [0.4, 0.5) is 0 Å². The SMILES string of the molecule is CCC(C)COCCNC(=O)CO/N=C\C(C)=O. The van der Waals surface area contributed by atoms with Gasteiger partial charge >= 0.3 is 0 Å². The van der Waals surface area contributed by atoms with E-state index in [1.165, 1.54) is 6.92 Å². The summed E-state index contributed by atoms with van der Waals surface area (Å²) in [7, 11) is 0. The summed E-state index contributed by atoms with van der Waals surface area (Å²) in [5, 5.41) is 5.94. The third-order valence-corrected chi connectivity index (χ3v) is 2.17. The number of hydrogen-bond acceptors (Lipinski definition) is 5. The van der Waals surface area contributed by atoms with E-state index in [0.29, 0.717) is 25.7 Å². The van der Waals surface area contributed by atoms with Crippen molar-refractivity contribution in [2.24, 2.45) is 11.1 Å². The molecule has 0 fully saturated rings. The van der Waals surface area contributed by atoms with Crippen LogP contribution in [0.5, 0.6) is 0 Å². The van der Waals surface area contributed by atoms with Crippen LogP contribution >= 0.6 is 0 Å². The lowest BCUT2D eigenvalue weighted by molar-refractivity contribution is -0.126. The van der Waals surface area contributed by atoms with E-state index in [1.54, 1.807) is 0 Å². The molecule has 104 valence electrons. The van der Waals surface area contributed by atoms with Gasteiger partial charge in [0.1, 0.15) is 6.21 Å². The lowest BCUT2D eigenvalue weighted by Gasteiger charge is -2.09. The zero-order chi connectivity index (χ0) is 13.8. The van der Waals surface area contributed by atoms with E-state index in [9.17, 15) is 9.59 Å². The molecule has 0 heterocycles. The van der Waals surface area contributed by atoms with E-state index >= 15 is 0 Å². The summed E-state index contributed by atoms with van der Waals surface area (Å²) in [6.45, 7) is 6.98. The van der Waals surface area contributed by atoms with Crippen LogP contribution in [-0.2, 0) is 19.2 Å². The largest absolute Gasteiger partial charge is 0.386 e. The maximum atomic E-state index is 11.2. The Balaban J connectivity index is 3.40. The molecule has 0 aliphatic rings. The van der Waals surface area contributed by atoms with Crippen LogP contribution < -0.4 is 5.32 Å². The van der Waals surface area contributed by atoms with Crippen molar-refractivity contribution in [2.75, 3.05) is 26.4 Å². The van der Waals surface area contributed by atoms with Gasteiger partial charge in [-0.1, -0.05) is 25.4 Å². The highest BCUT2D eigenvalue weighted by atomic mass is 16.6. The van der Waals surface area contributed by atoms with Crippen LogP contribution in [0, 0.1) is 5.92 Å². The fraction of sp³-hybridized carbons (Fsp3) is 0.750. The molecule has 0 spiro atoms. The molecule has 0 saturated heterocycles. The summed E-state index contributed by atoms with van der Waals surface area (Å²) < 4.78 is 5.36. The lowest BCUT2D eigenvalue weighted by Crippen LogP contribution is -2.30. The minimum absolute atomic E-state index is 0.199. The van der Waals surface area contributed by atoms with E-state index in [4.69, 9.17) is 4.74 Å². The molecule has 0 aliphatic heterocycles. The van der Waals surface area contributed by atoms with Crippen molar-refractivity contribution in [2.45, 2.75) is 27.2 Å². The van der Waals surface area contributed by atoms with Gasteiger partial charge in [-0.2, -0.15) is 0 Å². The Hall–Kier alpha value is -1.43. The molecule has 0 saturated carbocycles. The molecule has 0 aromatic rings. The molecule has 1 unspecified atom stereocenters. The Bertz CT molecular complexity index is 279. The first-order valence-corrected chi connectivity index (χ1v) is 6.06. The highest BCUT2D eigenvalue weighted by molar-refractivity contribution is 6.26. The minimum atomic E-state index is -0.289. The second-order valence-corrected chi connectivity index (χ2v) is 4.06. The topological polar surface area (TPSA) is 77.0 Å². The Kier molecular flexibility index (Phi) is 9.86. The molecule has 1 atom stereocenters. The van der Waals surface area contributed by atoms with E-state index in [0.717, 1.165) is 12.6 Å². The van der Waals surface area contributed by atoms with Gasteiger partial charge in [0.2, 0.25) is 0 Å². The third-order valence-electron chi connectivity index (χ3n) is 2.17. The molecule has 0 aromatic heterocycles. The van der Waals surface area contributed by atoms with Gasteiger partial charge in [-0.3, -0.25) is 9.59 Å². The highest BCUT2D eigenvalue weighted by Crippen LogP contribution is 1.99. The zero-order valence-corrected chi connectivity index (χ0v) is 11.3. The highest BCUT2D eigenvalue weighted by Gasteiger charge is 2.01. The number of carbonyl (C=O) groups excluding carboxylic acids is 2. The maximum absolute atomic E-state index is 11.2. The molecule has 1 amide bonds. The molecular weight excluding hydrogens is 236 g/mol.